The maximum absolute atomic E-state index is 12.0. The lowest BCUT2D eigenvalue weighted by Gasteiger charge is -2.54. The van der Waals surface area contributed by atoms with Gasteiger partial charge in [-0.25, -0.2) is 0 Å². The van der Waals surface area contributed by atoms with Gasteiger partial charge < -0.3 is 5.11 Å². The summed E-state index contributed by atoms with van der Waals surface area (Å²) in [6.45, 7) is 1.86. The molecule has 6 rings (SSSR count). The molecule has 5 nitrogen and oxygen atoms in total. The van der Waals surface area contributed by atoms with Crippen molar-refractivity contribution in [3.05, 3.63) is 77.7 Å². The summed E-state index contributed by atoms with van der Waals surface area (Å²) in [6.07, 6.45) is 11.9. The molecule has 1 N–H and O–H groups in total. The molecule has 2 unspecified atom stereocenters. The lowest BCUT2D eigenvalue weighted by atomic mass is 9.67. The SMILES string of the molecule is C#CC1N2CCC(CC2)C1(O)c1nnc(-c2cccnc2)cc1Cc1ccccc1. The Bertz CT molecular complexity index is 1070. The zero-order valence-electron chi connectivity index (χ0n) is 16.8. The second-order valence-electron chi connectivity index (χ2n) is 8.21. The third kappa shape index (κ3) is 3.09. The molecule has 0 radical (unpaired) electrons. The third-order valence-electron chi connectivity index (χ3n) is 6.54. The number of benzene rings is 1. The van der Waals surface area contributed by atoms with Crippen LogP contribution in [0.25, 0.3) is 11.3 Å². The molecule has 3 fully saturated rings. The van der Waals surface area contributed by atoms with Crippen molar-refractivity contribution in [1.29, 1.82) is 0 Å². The van der Waals surface area contributed by atoms with Gasteiger partial charge >= 0.3 is 0 Å². The van der Waals surface area contributed by atoms with Crippen LogP contribution in [-0.2, 0) is 12.0 Å². The molecule has 0 saturated carbocycles. The molecule has 0 aliphatic carbocycles. The molecular weight excluding hydrogens is 372 g/mol. The van der Waals surface area contributed by atoms with Crippen LogP contribution in [0.1, 0.15) is 29.7 Å². The van der Waals surface area contributed by atoms with Crippen LogP contribution in [0.4, 0.5) is 0 Å². The second-order valence-corrected chi connectivity index (χ2v) is 8.21. The monoisotopic (exact) mass is 396 g/mol. The van der Waals surface area contributed by atoms with E-state index in [1.807, 2.05) is 36.4 Å². The van der Waals surface area contributed by atoms with E-state index in [1.165, 1.54) is 0 Å². The van der Waals surface area contributed by atoms with Gasteiger partial charge in [0.15, 0.2) is 0 Å². The number of hydrogen-bond acceptors (Lipinski definition) is 5. The summed E-state index contributed by atoms with van der Waals surface area (Å²) in [5.74, 6) is 2.95. The van der Waals surface area contributed by atoms with Crippen LogP contribution in [0.5, 0.6) is 0 Å². The van der Waals surface area contributed by atoms with E-state index < -0.39 is 5.60 Å². The number of aliphatic hydroxyl groups is 1. The van der Waals surface area contributed by atoms with Crippen LogP contribution >= 0.6 is 0 Å². The summed E-state index contributed by atoms with van der Waals surface area (Å²) in [7, 11) is 0. The second kappa shape index (κ2) is 7.64. The van der Waals surface area contributed by atoms with Gasteiger partial charge in [0.05, 0.1) is 5.69 Å². The summed E-state index contributed by atoms with van der Waals surface area (Å²) in [5, 5.41) is 21.1. The Hall–Kier alpha value is -3.07. The van der Waals surface area contributed by atoms with Crippen molar-refractivity contribution in [2.45, 2.75) is 30.9 Å². The van der Waals surface area contributed by atoms with Crippen molar-refractivity contribution in [2.24, 2.45) is 5.92 Å². The molecular formula is C25H24N4O. The van der Waals surface area contributed by atoms with Crippen LogP contribution in [-0.4, -0.2) is 44.3 Å². The van der Waals surface area contributed by atoms with Gasteiger partial charge in [-0.1, -0.05) is 36.3 Å². The Kier molecular flexibility index (Phi) is 4.82. The number of terminal acetylenes is 1. The van der Waals surface area contributed by atoms with Gasteiger partial charge in [0.1, 0.15) is 17.3 Å². The van der Waals surface area contributed by atoms with Crippen molar-refractivity contribution >= 4 is 0 Å². The summed E-state index contributed by atoms with van der Waals surface area (Å²) < 4.78 is 0. The number of aromatic nitrogens is 3. The van der Waals surface area contributed by atoms with Gasteiger partial charge in [0.25, 0.3) is 0 Å². The van der Waals surface area contributed by atoms with E-state index in [9.17, 15) is 5.11 Å². The van der Waals surface area contributed by atoms with E-state index in [0.29, 0.717) is 12.1 Å². The fraction of sp³-hybridized carbons (Fsp3) is 0.320. The lowest BCUT2D eigenvalue weighted by molar-refractivity contribution is -0.146. The highest BCUT2D eigenvalue weighted by atomic mass is 16.3. The number of piperidine rings is 3. The molecule has 0 spiro atoms. The minimum Gasteiger partial charge on any atom is -0.380 e. The molecule has 5 heterocycles. The molecule has 0 amide bonds. The van der Waals surface area contributed by atoms with Crippen molar-refractivity contribution in [3.63, 3.8) is 0 Å². The first kappa shape index (κ1) is 18.9. The topological polar surface area (TPSA) is 62.1 Å². The van der Waals surface area contributed by atoms with E-state index >= 15 is 0 Å². The van der Waals surface area contributed by atoms with Crippen LogP contribution in [0.15, 0.2) is 60.9 Å². The van der Waals surface area contributed by atoms with Crippen LogP contribution in [0.3, 0.4) is 0 Å². The number of fused-ring (bicyclic) bond motifs is 3. The largest absolute Gasteiger partial charge is 0.380 e. The molecule has 3 saturated heterocycles. The lowest BCUT2D eigenvalue weighted by Crippen LogP contribution is -2.64. The van der Waals surface area contributed by atoms with Crippen molar-refractivity contribution in [1.82, 2.24) is 20.1 Å². The number of nitrogens with zero attached hydrogens (tertiary/aromatic N) is 4. The number of pyridine rings is 1. The van der Waals surface area contributed by atoms with Crippen molar-refractivity contribution in [3.8, 4) is 23.6 Å². The zero-order valence-corrected chi connectivity index (χ0v) is 16.8. The van der Waals surface area contributed by atoms with E-state index in [2.05, 4.69) is 38.1 Å². The third-order valence-corrected chi connectivity index (χ3v) is 6.54. The minimum absolute atomic E-state index is 0.0941. The van der Waals surface area contributed by atoms with Crippen molar-refractivity contribution < 1.29 is 5.11 Å². The van der Waals surface area contributed by atoms with E-state index in [-0.39, 0.29) is 12.0 Å². The standard InChI is InChI=1S/C25H24N4O/c1-2-23-25(30,21-10-13-29(23)14-11-21)24-20(15-18-7-4-3-5-8-18)16-22(27-28-24)19-9-6-12-26-17-19/h1,3-9,12,16-17,21,23,30H,10-11,13-15H2. The normalized spacial score (nSPS) is 27.5. The Morgan fingerprint density at radius 1 is 1.10 bits per heavy atom. The molecule has 2 aromatic heterocycles. The Labute approximate surface area is 176 Å². The van der Waals surface area contributed by atoms with Gasteiger partial charge in [-0.2, -0.15) is 10.2 Å². The Morgan fingerprint density at radius 3 is 2.60 bits per heavy atom. The van der Waals surface area contributed by atoms with Gasteiger partial charge in [0, 0.05) is 18.0 Å². The van der Waals surface area contributed by atoms with Gasteiger partial charge in [-0.3, -0.25) is 9.88 Å². The highest BCUT2D eigenvalue weighted by Gasteiger charge is 2.55. The van der Waals surface area contributed by atoms with Crippen LogP contribution < -0.4 is 0 Å². The molecule has 1 aromatic carbocycles. The molecule has 2 atom stereocenters. The average molecular weight is 396 g/mol. The first-order valence-electron chi connectivity index (χ1n) is 10.4. The number of hydrogen-bond donors (Lipinski definition) is 1. The molecule has 3 aliphatic rings. The maximum Gasteiger partial charge on any atom is 0.138 e. The number of rotatable bonds is 4. The van der Waals surface area contributed by atoms with E-state index in [0.717, 1.165) is 48.3 Å². The van der Waals surface area contributed by atoms with Crippen LogP contribution in [0, 0.1) is 18.3 Å². The van der Waals surface area contributed by atoms with Gasteiger partial charge in [-0.15, -0.1) is 6.42 Å². The zero-order chi connectivity index (χ0) is 20.6. The van der Waals surface area contributed by atoms with Gasteiger partial charge in [-0.05, 0) is 67.6 Å². The highest BCUT2D eigenvalue weighted by Crippen LogP contribution is 2.47. The minimum atomic E-state index is -1.18. The summed E-state index contributed by atoms with van der Waals surface area (Å²) in [6, 6.07) is 15.8. The molecule has 150 valence electrons. The molecule has 3 aromatic rings. The molecule has 5 heteroatoms. The van der Waals surface area contributed by atoms with Gasteiger partial charge in [0.2, 0.25) is 0 Å². The summed E-state index contributed by atoms with van der Waals surface area (Å²) in [5.41, 5.74) is 3.21. The van der Waals surface area contributed by atoms with E-state index in [1.54, 1.807) is 12.4 Å². The van der Waals surface area contributed by atoms with Crippen molar-refractivity contribution in [2.75, 3.05) is 13.1 Å². The maximum atomic E-state index is 12.0. The predicted octanol–water partition coefficient (Wildman–Crippen LogP) is 3.04. The van der Waals surface area contributed by atoms with Crippen LogP contribution in [0.2, 0.25) is 0 Å². The summed E-state index contributed by atoms with van der Waals surface area (Å²) in [4.78, 5) is 6.42. The Balaban J connectivity index is 1.65. The molecule has 2 bridgehead atoms. The average Bonchev–Trinajstić information content (AvgIpc) is 2.81. The first-order chi connectivity index (χ1) is 14.7. The Morgan fingerprint density at radius 2 is 1.90 bits per heavy atom. The smallest absolute Gasteiger partial charge is 0.138 e. The quantitative estimate of drug-likeness (QED) is 0.687. The molecule has 3 aliphatic heterocycles. The highest BCUT2D eigenvalue weighted by molar-refractivity contribution is 5.59. The molecule has 30 heavy (non-hydrogen) atoms. The predicted molar refractivity (Wildman–Crippen MR) is 115 cm³/mol. The summed E-state index contributed by atoms with van der Waals surface area (Å²) >= 11 is 0. The first-order valence-corrected chi connectivity index (χ1v) is 10.4. The fourth-order valence-electron chi connectivity index (χ4n) is 5.03. The van der Waals surface area contributed by atoms with E-state index in [4.69, 9.17) is 6.42 Å². The fourth-order valence-corrected chi connectivity index (χ4v) is 5.03.